The Morgan fingerprint density at radius 2 is 1.54 bits per heavy atom. The molecule has 0 bridgehead atoms. The maximum Gasteiger partial charge on any atom is 0.246 e. The second-order valence-electron chi connectivity index (χ2n) is 6.80. The zero-order chi connectivity index (χ0) is 19.6. The fourth-order valence-corrected chi connectivity index (χ4v) is 4.51. The zero-order valence-corrected chi connectivity index (χ0v) is 16.6. The van der Waals surface area contributed by atoms with Gasteiger partial charge in [0.25, 0.3) is 0 Å². The maximum absolute atomic E-state index is 12.6. The second kappa shape index (κ2) is 7.75. The van der Waals surface area contributed by atoms with Crippen LogP contribution in [0.15, 0.2) is 9.42 Å². The Morgan fingerprint density at radius 3 is 1.96 bits per heavy atom. The van der Waals surface area contributed by atoms with Gasteiger partial charge in [-0.3, -0.25) is 9.59 Å². The molecule has 1 aromatic heterocycles. The number of hydrogen-bond donors (Lipinski definition) is 1. The Bertz CT molecular complexity index is 759. The summed E-state index contributed by atoms with van der Waals surface area (Å²) in [6.07, 6.45) is 0. The van der Waals surface area contributed by atoms with Crippen LogP contribution in [0.3, 0.4) is 0 Å². The van der Waals surface area contributed by atoms with Crippen molar-refractivity contribution < 1.29 is 22.5 Å². The molecule has 26 heavy (non-hydrogen) atoms. The van der Waals surface area contributed by atoms with Crippen molar-refractivity contribution in [1.82, 2.24) is 19.7 Å². The van der Waals surface area contributed by atoms with Crippen molar-refractivity contribution in [2.24, 2.45) is 5.92 Å². The number of carbonyl (C=O) groups excluding carboxylic acids is 2. The summed E-state index contributed by atoms with van der Waals surface area (Å²) in [5.74, 6) is -0.172. The van der Waals surface area contributed by atoms with Crippen LogP contribution in [-0.2, 0) is 19.6 Å². The highest BCUT2D eigenvalue weighted by molar-refractivity contribution is 7.89. The minimum absolute atomic E-state index is 0.0375. The molecule has 2 amide bonds. The molecule has 146 valence electrons. The van der Waals surface area contributed by atoms with Gasteiger partial charge < -0.3 is 14.3 Å². The molecule has 1 aliphatic heterocycles. The Labute approximate surface area is 153 Å². The average Bonchev–Trinajstić information content (AvgIpc) is 2.92. The SMILES string of the molecule is Cc1noc(C)c1S(=O)(=O)N[C@@H](C)C(=O)N1CCN(C(=O)C(C)C)CC1. The zero-order valence-electron chi connectivity index (χ0n) is 15.8. The molecule has 0 spiro atoms. The van der Waals surface area contributed by atoms with Gasteiger partial charge in [0.05, 0.1) is 6.04 Å². The van der Waals surface area contributed by atoms with E-state index in [0.717, 1.165) is 0 Å². The molecule has 0 unspecified atom stereocenters. The summed E-state index contributed by atoms with van der Waals surface area (Å²) in [6.45, 7) is 9.89. The molecule has 1 atom stereocenters. The van der Waals surface area contributed by atoms with Crippen LogP contribution in [-0.4, -0.2) is 67.4 Å². The fraction of sp³-hybridized carbons (Fsp3) is 0.688. The van der Waals surface area contributed by atoms with Gasteiger partial charge >= 0.3 is 0 Å². The lowest BCUT2D eigenvalue weighted by Gasteiger charge is -2.36. The van der Waals surface area contributed by atoms with E-state index in [9.17, 15) is 18.0 Å². The van der Waals surface area contributed by atoms with Gasteiger partial charge in [0.1, 0.15) is 10.6 Å². The Morgan fingerprint density at radius 1 is 1.04 bits per heavy atom. The average molecular weight is 386 g/mol. The summed E-state index contributed by atoms with van der Waals surface area (Å²) >= 11 is 0. The van der Waals surface area contributed by atoms with Gasteiger partial charge in [0.2, 0.25) is 21.8 Å². The number of nitrogens with zero attached hydrogens (tertiary/aromatic N) is 3. The molecule has 1 saturated heterocycles. The fourth-order valence-electron chi connectivity index (χ4n) is 2.99. The van der Waals surface area contributed by atoms with E-state index in [1.807, 2.05) is 13.8 Å². The van der Waals surface area contributed by atoms with E-state index >= 15 is 0 Å². The minimum Gasteiger partial charge on any atom is -0.360 e. The third-order valence-electron chi connectivity index (χ3n) is 4.34. The molecule has 0 radical (unpaired) electrons. The van der Waals surface area contributed by atoms with Crippen LogP contribution in [0.5, 0.6) is 0 Å². The Balaban J connectivity index is 1.99. The molecule has 0 aromatic carbocycles. The molecule has 9 nitrogen and oxygen atoms in total. The summed E-state index contributed by atoms with van der Waals surface area (Å²) < 4.78 is 32.3. The third-order valence-corrected chi connectivity index (χ3v) is 6.12. The molecule has 2 rings (SSSR count). The number of sulfonamides is 1. The lowest BCUT2D eigenvalue weighted by Crippen LogP contribution is -2.55. The lowest BCUT2D eigenvalue weighted by atomic mass is 10.1. The number of piperazine rings is 1. The standard InChI is InChI=1S/C16H26N4O5S/c1-10(2)15(21)19-6-8-20(9-7-19)16(22)12(4)18-26(23,24)14-11(3)17-25-13(14)5/h10,12,18H,6-9H2,1-5H3/t12-/m0/s1. The van der Waals surface area contributed by atoms with Gasteiger partial charge in [-0.25, -0.2) is 8.42 Å². The normalized spacial score (nSPS) is 16.8. The Kier molecular flexibility index (Phi) is 6.07. The summed E-state index contributed by atoms with van der Waals surface area (Å²) in [4.78, 5) is 27.9. The molecule has 10 heteroatoms. The summed E-state index contributed by atoms with van der Waals surface area (Å²) in [6, 6.07) is -0.930. The van der Waals surface area contributed by atoms with Gasteiger partial charge in [-0.05, 0) is 20.8 Å². The van der Waals surface area contributed by atoms with Crippen molar-refractivity contribution in [3.8, 4) is 0 Å². The van der Waals surface area contributed by atoms with Crippen molar-refractivity contribution in [1.29, 1.82) is 0 Å². The lowest BCUT2D eigenvalue weighted by molar-refractivity contribution is -0.142. The summed E-state index contributed by atoms with van der Waals surface area (Å²) in [5.41, 5.74) is 0.246. The maximum atomic E-state index is 12.6. The van der Waals surface area contributed by atoms with Gasteiger partial charge in [-0.2, -0.15) is 4.72 Å². The quantitative estimate of drug-likeness (QED) is 0.778. The van der Waals surface area contributed by atoms with Crippen molar-refractivity contribution >= 4 is 21.8 Å². The van der Waals surface area contributed by atoms with Crippen LogP contribution in [0, 0.1) is 19.8 Å². The number of aromatic nitrogens is 1. The largest absolute Gasteiger partial charge is 0.360 e. The van der Waals surface area contributed by atoms with Crippen LogP contribution in [0.4, 0.5) is 0 Å². The van der Waals surface area contributed by atoms with Crippen LogP contribution < -0.4 is 4.72 Å². The van der Waals surface area contributed by atoms with E-state index in [1.165, 1.54) is 20.8 Å². The van der Waals surface area contributed by atoms with E-state index in [0.29, 0.717) is 26.2 Å². The summed E-state index contributed by atoms with van der Waals surface area (Å²) in [5, 5.41) is 3.64. The molecular weight excluding hydrogens is 360 g/mol. The molecule has 1 fully saturated rings. The molecule has 0 aliphatic carbocycles. The first-order valence-corrected chi connectivity index (χ1v) is 10.1. The van der Waals surface area contributed by atoms with Gasteiger partial charge in [0, 0.05) is 32.1 Å². The smallest absolute Gasteiger partial charge is 0.246 e. The number of nitrogens with one attached hydrogen (secondary N) is 1. The second-order valence-corrected chi connectivity index (χ2v) is 8.45. The van der Waals surface area contributed by atoms with E-state index in [2.05, 4.69) is 9.88 Å². The monoisotopic (exact) mass is 386 g/mol. The topological polar surface area (TPSA) is 113 Å². The van der Waals surface area contributed by atoms with Crippen molar-refractivity contribution in [3.63, 3.8) is 0 Å². The molecule has 0 saturated carbocycles. The molecule has 2 heterocycles. The van der Waals surface area contributed by atoms with E-state index < -0.39 is 16.1 Å². The highest BCUT2D eigenvalue weighted by atomic mass is 32.2. The van der Waals surface area contributed by atoms with Crippen LogP contribution >= 0.6 is 0 Å². The third kappa shape index (κ3) is 4.24. The highest BCUT2D eigenvalue weighted by Gasteiger charge is 2.32. The highest BCUT2D eigenvalue weighted by Crippen LogP contribution is 2.19. The summed E-state index contributed by atoms with van der Waals surface area (Å²) in [7, 11) is -3.91. The van der Waals surface area contributed by atoms with Crippen molar-refractivity contribution in [2.75, 3.05) is 26.2 Å². The first-order chi connectivity index (χ1) is 12.0. The first kappa shape index (κ1) is 20.4. The Hall–Kier alpha value is -1.94. The van der Waals surface area contributed by atoms with Crippen LogP contribution in [0.2, 0.25) is 0 Å². The number of hydrogen-bond acceptors (Lipinski definition) is 6. The van der Waals surface area contributed by atoms with Crippen LogP contribution in [0.1, 0.15) is 32.2 Å². The number of aryl methyl sites for hydroxylation is 2. The van der Waals surface area contributed by atoms with Crippen LogP contribution in [0.25, 0.3) is 0 Å². The molecule has 1 N–H and O–H groups in total. The minimum atomic E-state index is -3.91. The number of amides is 2. The van der Waals surface area contributed by atoms with E-state index in [4.69, 9.17) is 4.52 Å². The molecule has 1 aromatic rings. The van der Waals surface area contributed by atoms with Crippen molar-refractivity contribution in [2.45, 2.75) is 45.6 Å². The predicted octanol–water partition coefficient (Wildman–Crippen LogP) is 0.285. The molecule has 1 aliphatic rings. The van der Waals surface area contributed by atoms with E-state index in [1.54, 1.807) is 9.80 Å². The van der Waals surface area contributed by atoms with Crippen molar-refractivity contribution in [3.05, 3.63) is 11.5 Å². The first-order valence-electron chi connectivity index (χ1n) is 8.57. The number of rotatable bonds is 5. The van der Waals surface area contributed by atoms with Gasteiger partial charge in [-0.15, -0.1) is 0 Å². The van der Waals surface area contributed by atoms with Gasteiger partial charge in [0.15, 0.2) is 5.76 Å². The predicted molar refractivity (Wildman–Crippen MR) is 93.8 cm³/mol. The number of carbonyl (C=O) groups is 2. The van der Waals surface area contributed by atoms with Gasteiger partial charge in [-0.1, -0.05) is 19.0 Å². The molecular formula is C16H26N4O5S. The van der Waals surface area contributed by atoms with E-state index in [-0.39, 0.29) is 34.1 Å².